The lowest BCUT2D eigenvalue weighted by Gasteiger charge is -2.22. The topological polar surface area (TPSA) is 55.4 Å². The van der Waals surface area contributed by atoms with Crippen LogP contribution in [0.25, 0.3) is 0 Å². The van der Waals surface area contributed by atoms with E-state index in [0.29, 0.717) is 24.3 Å². The SMILES string of the molecule is O=Cc1ccc(C(=O)C2CNCCO2)cc1. The van der Waals surface area contributed by atoms with E-state index in [9.17, 15) is 9.59 Å². The molecule has 1 saturated heterocycles. The molecular formula is C12H13NO3. The van der Waals surface area contributed by atoms with Crippen LogP contribution in [0.4, 0.5) is 0 Å². The lowest BCUT2D eigenvalue weighted by Crippen LogP contribution is -2.43. The number of carbonyl (C=O) groups is 2. The summed E-state index contributed by atoms with van der Waals surface area (Å²) in [7, 11) is 0. The van der Waals surface area contributed by atoms with Crippen LogP contribution in [-0.2, 0) is 4.74 Å². The van der Waals surface area contributed by atoms with Crippen LogP contribution in [0, 0.1) is 0 Å². The molecule has 0 aromatic heterocycles. The third-order valence-electron chi connectivity index (χ3n) is 2.55. The molecule has 0 bridgehead atoms. The summed E-state index contributed by atoms with van der Waals surface area (Å²) in [5, 5.41) is 3.11. The number of rotatable bonds is 3. The molecule has 1 aliphatic heterocycles. The van der Waals surface area contributed by atoms with Crippen molar-refractivity contribution in [3.05, 3.63) is 35.4 Å². The van der Waals surface area contributed by atoms with Gasteiger partial charge in [0.25, 0.3) is 0 Å². The molecule has 2 rings (SSSR count). The van der Waals surface area contributed by atoms with Gasteiger partial charge >= 0.3 is 0 Å². The summed E-state index contributed by atoms with van der Waals surface area (Å²) in [6, 6.07) is 6.58. The van der Waals surface area contributed by atoms with Gasteiger partial charge in [0.1, 0.15) is 12.4 Å². The summed E-state index contributed by atoms with van der Waals surface area (Å²) in [4.78, 5) is 22.4. The number of aldehydes is 1. The highest BCUT2D eigenvalue weighted by Gasteiger charge is 2.22. The Morgan fingerprint density at radius 3 is 2.69 bits per heavy atom. The Hall–Kier alpha value is -1.52. The highest BCUT2D eigenvalue weighted by molar-refractivity contribution is 6.00. The van der Waals surface area contributed by atoms with Gasteiger partial charge in [-0.1, -0.05) is 24.3 Å². The minimum Gasteiger partial charge on any atom is -0.367 e. The second kappa shape index (κ2) is 5.01. The average molecular weight is 219 g/mol. The smallest absolute Gasteiger partial charge is 0.192 e. The zero-order chi connectivity index (χ0) is 11.4. The first-order valence-electron chi connectivity index (χ1n) is 5.23. The van der Waals surface area contributed by atoms with Crippen molar-refractivity contribution in [1.29, 1.82) is 0 Å². The maximum atomic E-state index is 11.9. The first-order chi connectivity index (χ1) is 7.81. The Kier molecular flexibility index (Phi) is 3.44. The number of ether oxygens (including phenoxy) is 1. The van der Waals surface area contributed by atoms with Gasteiger partial charge in [-0.3, -0.25) is 9.59 Å². The Balaban J connectivity index is 2.10. The van der Waals surface area contributed by atoms with Crippen LogP contribution in [0.15, 0.2) is 24.3 Å². The van der Waals surface area contributed by atoms with Crippen molar-refractivity contribution in [3.63, 3.8) is 0 Å². The molecule has 1 aromatic carbocycles. The highest BCUT2D eigenvalue weighted by atomic mass is 16.5. The molecule has 84 valence electrons. The molecule has 0 aliphatic carbocycles. The van der Waals surface area contributed by atoms with E-state index >= 15 is 0 Å². The molecule has 0 spiro atoms. The van der Waals surface area contributed by atoms with E-state index in [0.717, 1.165) is 12.8 Å². The number of benzene rings is 1. The Bertz CT molecular complexity index is 380. The number of carbonyl (C=O) groups excluding carboxylic acids is 2. The van der Waals surface area contributed by atoms with Gasteiger partial charge in [-0.25, -0.2) is 0 Å². The standard InChI is InChI=1S/C12H13NO3/c14-8-9-1-3-10(4-2-9)12(15)11-7-13-5-6-16-11/h1-4,8,11,13H,5-7H2. The average Bonchev–Trinajstić information content (AvgIpc) is 2.39. The third-order valence-corrected chi connectivity index (χ3v) is 2.55. The molecule has 1 heterocycles. The molecule has 1 aliphatic rings. The van der Waals surface area contributed by atoms with Crippen molar-refractivity contribution in [2.45, 2.75) is 6.10 Å². The maximum Gasteiger partial charge on any atom is 0.192 e. The van der Waals surface area contributed by atoms with Gasteiger partial charge in [-0.05, 0) is 0 Å². The lowest BCUT2D eigenvalue weighted by atomic mass is 10.0. The fraction of sp³-hybridized carbons (Fsp3) is 0.333. The lowest BCUT2D eigenvalue weighted by molar-refractivity contribution is 0.0269. The molecule has 0 radical (unpaired) electrons. The van der Waals surface area contributed by atoms with Crippen molar-refractivity contribution in [3.8, 4) is 0 Å². The van der Waals surface area contributed by atoms with Crippen molar-refractivity contribution in [1.82, 2.24) is 5.32 Å². The second-order valence-electron chi connectivity index (χ2n) is 3.67. The minimum absolute atomic E-state index is 0.0374. The molecule has 1 fully saturated rings. The van der Waals surface area contributed by atoms with Crippen LogP contribution in [-0.4, -0.2) is 37.9 Å². The number of hydrogen-bond acceptors (Lipinski definition) is 4. The third kappa shape index (κ3) is 2.35. The first-order valence-corrected chi connectivity index (χ1v) is 5.23. The van der Waals surface area contributed by atoms with Crippen LogP contribution < -0.4 is 5.32 Å². The van der Waals surface area contributed by atoms with Crippen LogP contribution in [0.3, 0.4) is 0 Å². The van der Waals surface area contributed by atoms with Crippen LogP contribution >= 0.6 is 0 Å². The van der Waals surface area contributed by atoms with E-state index in [-0.39, 0.29) is 5.78 Å². The summed E-state index contributed by atoms with van der Waals surface area (Å²) < 4.78 is 5.37. The summed E-state index contributed by atoms with van der Waals surface area (Å²) in [6.07, 6.45) is 0.350. The van der Waals surface area contributed by atoms with Crippen molar-refractivity contribution in [2.75, 3.05) is 19.7 Å². The van der Waals surface area contributed by atoms with Gasteiger partial charge in [-0.15, -0.1) is 0 Å². The highest BCUT2D eigenvalue weighted by Crippen LogP contribution is 2.09. The van der Waals surface area contributed by atoms with Gasteiger partial charge in [0.05, 0.1) is 6.61 Å². The van der Waals surface area contributed by atoms with Crippen LogP contribution in [0.2, 0.25) is 0 Å². The zero-order valence-corrected chi connectivity index (χ0v) is 8.81. The van der Waals surface area contributed by atoms with E-state index in [1.165, 1.54) is 0 Å². The second-order valence-corrected chi connectivity index (χ2v) is 3.67. The number of nitrogens with one attached hydrogen (secondary N) is 1. The van der Waals surface area contributed by atoms with E-state index in [4.69, 9.17) is 4.74 Å². The van der Waals surface area contributed by atoms with E-state index in [1.807, 2.05) is 0 Å². The summed E-state index contributed by atoms with van der Waals surface area (Å²) in [5.74, 6) is -0.0374. The normalized spacial score (nSPS) is 20.4. The predicted octanol–water partition coefficient (Wildman–Crippen LogP) is 0.670. The molecule has 4 nitrogen and oxygen atoms in total. The van der Waals surface area contributed by atoms with Gasteiger partial charge in [0.15, 0.2) is 5.78 Å². The number of Topliss-reactive ketones (excluding diaryl/α,β-unsaturated/α-hetero) is 1. The van der Waals surface area contributed by atoms with Gasteiger partial charge < -0.3 is 10.1 Å². The minimum atomic E-state index is -0.407. The summed E-state index contributed by atoms with van der Waals surface area (Å²) in [6.45, 7) is 1.89. The summed E-state index contributed by atoms with van der Waals surface area (Å²) >= 11 is 0. The van der Waals surface area contributed by atoms with E-state index in [1.54, 1.807) is 24.3 Å². The van der Waals surface area contributed by atoms with Crippen molar-refractivity contribution >= 4 is 12.1 Å². The molecule has 1 unspecified atom stereocenters. The maximum absolute atomic E-state index is 11.9. The molecule has 1 atom stereocenters. The van der Waals surface area contributed by atoms with E-state index in [2.05, 4.69) is 5.32 Å². The van der Waals surface area contributed by atoms with E-state index < -0.39 is 6.10 Å². The number of ketones is 1. The molecule has 4 heteroatoms. The fourth-order valence-electron chi connectivity index (χ4n) is 1.65. The zero-order valence-electron chi connectivity index (χ0n) is 8.81. The van der Waals surface area contributed by atoms with Crippen molar-refractivity contribution in [2.24, 2.45) is 0 Å². The molecule has 1 aromatic rings. The fourth-order valence-corrected chi connectivity index (χ4v) is 1.65. The quantitative estimate of drug-likeness (QED) is 0.599. The Labute approximate surface area is 93.6 Å². The van der Waals surface area contributed by atoms with Gasteiger partial charge in [0.2, 0.25) is 0 Å². The van der Waals surface area contributed by atoms with Crippen molar-refractivity contribution < 1.29 is 14.3 Å². The molecule has 0 saturated carbocycles. The largest absolute Gasteiger partial charge is 0.367 e. The van der Waals surface area contributed by atoms with Crippen LogP contribution in [0.5, 0.6) is 0 Å². The first kappa shape index (κ1) is 11.0. The molecule has 0 amide bonds. The van der Waals surface area contributed by atoms with Crippen LogP contribution in [0.1, 0.15) is 20.7 Å². The number of hydrogen-bond donors (Lipinski definition) is 1. The van der Waals surface area contributed by atoms with Gasteiger partial charge in [-0.2, -0.15) is 0 Å². The molecule has 16 heavy (non-hydrogen) atoms. The number of morpholine rings is 1. The predicted molar refractivity (Wildman–Crippen MR) is 58.8 cm³/mol. The molecular weight excluding hydrogens is 206 g/mol. The Morgan fingerprint density at radius 1 is 1.38 bits per heavy atom. The monoisotopic (exact) mass is 219 g/mol. The molecule has 1 N–H and O–H groups in total. The Morgan fingerprint density at radius 2 is 2.12 bits per heavy atom. The summed E-state index contributed by atoms with van der Waals surface area (Å²) in [5.41, 5.74) is 1.15. The van der Waals surface area contributed by atoms with Gasteiger partial charge in [0, 0.05) is 24.2 Å².